The number of carbonyl (C=O) groups is 1. The Labute approximate surface area is 138 Å². The van der Waals surface area contributed by atoms with E-state index in [9.17, 15) is 4.79 Å². The highest BCUT2D eigenvalue weighted by Crippen LogP contribution is 2.36. The maximum atomic E-state index is 12.6. The lowest BCUT2D eigenvalue weighted by molar-refractivity contribution is 0.208. The number of nitrogens with one attached hydrogen (secondary N) is 1. The molecule has 114 valence electrons. The zero-order valence-electron chi connectivity index (χ0n) is 11.8. The van der Waals surface area contributed by atoms with E-state index in [-0.39, 0.29) is 12.1 Å². The lowest BCUT2D eigenvalue weighted by atomic mass is 10.2. The Hall–Kier alpha value is -1.91. The van der Waals surface area contributed by atoms with E-state index in [0.29, 0.717) is 33.7 Å². The van der Waals surface area contributed by atoms with Crippen LogP contribution in [0.5, 0.6) is 5.75 Å². The summed E-state index contributed by atoms with van der Waals surface area (Å²) >= 11 is 12.1. The number of nitrogens with zero attached hydrogens (tertiary/aromatic N) is 1. The van der Waals surface area contributed by atoms with Crippen LogP contribution < -0.4 is 15.0 Å². The van der Waals surface area contributed by atoms with Crippen LogP contribution in [-0.4, -0.2) is 18.7 Å². The first kappa shape index (κ1) is 15.0. The summed E-state index contributed by atoms with van der Waals surface area (Å²) in [5, 5.41) is 3.86. The molecule has 0 fully saturated rings. The first-order valence-electron chi connectivity index (χ1n) is 6.84. The molecule has 1 aliphatic rings. The second-order valence-electron chi connectivity index (χ2n) is 5.06. The number of fused-ring (bicyclic) bond motifs is 1. The van der Waals surface area contributed by atoms with Gasteiger partial charge in [0.15, 0.2) is 0 Å². The first-order chi connectivity index (χ1) is 10.5. The van der Waals surface area contributed by atoms with E-state index in [1.165, 1.54) is 0 Å². The number of urea groups is 1. The molecule has 3 rings (SSSR count). The molecule has 1 aliphatic heterocycles. The number of ether oxygens (including phenoxy) is 1. The van der Waals surface area contributed by atoms with Gasteiger partial charge in [-0.1, -0.05) is 35.3 Å². The fourth-order valence-electron chi connectivity index (χ4n) is 2.35. The molecule has 0 aromatic heterocycles. The minimum Gasteiger partial charge on any atom is -0.487 e. The lowest BCUT2D eigenvalue weighted by Crippen LogP contribution is -2.44. The number of hydrogen-bond acceptors (Lipinski definition) is 2. The van der Waals surface area contributed by atoms with Crippen molar-refractivity contribution in [1.82, 2.24) is 0 Å². The van der Waals surface area contributed by atoms with Gasteiger partial charge in [0.25, 0.3) is 0 Å². The Kier molecular flexibility index (Phi) is 4.14. The van der Waals surface area contributed by atoms with Gasteiger partial charge in [0, 0.05) is 5.02 Å². The van der Waals surface area contributed by atoms with Gasteiger partial charge in [0.1, 0.15) is 11.9 Å². The summed E-state index contributed by atoms with van der Waals surface area (Å²) in [5.41, 5.74) is 1.21. The van der Waals surface area contributed by atoms with Gasteiger partial charge in [-0.2, -0.15) is 0 Å². The molecule has 1 atom stereocenters. The van der Waals surface area contributed by atoms with Gasteiger partial charge in [0.05, 0.1) is 22.9 Å². The third-order valence-corrected chi connectivity index (χ3v) is 3.90. The van der Waals surface area contributed by atoms with Crippen molar-refractivity contribution >= 4 is 40.6 Å². The van der Waals surface area contributed by atoms with Gasteiger partial charge in [-0.15, -0.1) is 0 Å². The van der Waals surface area contributed by atoms with E-state index >= 15 is 0 Å². The molecular weight excluding hydrogens is 323 g/mol. The molecule has 22 heavy (non-hydrogen) atoms. The zero-order chi connectivity index (χ0) is 15.7. The average Bonchev–Trinajstić information content (AvgIpc) is 2.49. The molecule has 2 aromatic carbocycles. The van der Waals surface area contributed by atoms with Crippen LogP contribution in [0.15, 0.2) is 42.5 Å². The smallest absolute Gasteiger partial charge is 0.326 e. The minimum absolute atomic E-state index is 0.106. The summed E-state index contributed by atoms with van der Waals surface area (Å²) in [7, 11) is 0. The van der Waals surface area contributed by atoms with Crippen molar-refractivity contribution in [1.29, 1.82) is 0 Å². The second-order valence-corrected chi connectivity index (χ2v) is 5.90. The third-order valence-electron chi connectivity index (χ3n) is 3.34. The minimum atomic E-state index is -0.272. The van der Waals surface area contributed by atoms with Gasteiger partial charge >= 0.3 is 6.03 Å². The van der Waals surface area contributed by atoms with E-state index in [2.05, 4.69) is 5.32 Å². The van der Waals surface area contributed by atoms with E-state index in [4.69, 9.17) is 27.9 Å². The van der Waals surface area contributed by atoms with Crippen LogP contribution in [0.1, 0.15) is 6.92 Å². The van der Waals surface area contributed by atoms with Crippen LogP contribution >= 0.6 is 23.2 Å². The molecule has 1 N–H and O–H groups in total. The van der Waals surface area contributed by atoms with Crippen molar-refractivity contribution in [3.8, 4) is 5.75 Å². The number of carbonyl (C=O) groups excluding carboxylic acids is 1. The van der Waals surface area contributed by atoms with Crippen molar-refractivity contribution in [2.75, 3.05) is 16.8 Å². The molecule has 0 saturated heterocycles. The molecule has 2 aromatic rings. The molecule has 0 saturated carbocycles. The van der Waals surface area contributed by atoms with E-state index in [0.717, 1.165) is 0 Å². The summed E-state index contributed by atoms with van der Waals surface area (Å²) in [6, 6.07) is 12.1. The van der Waals surface area contributed by atoms with Crippen LogP contribution in [-0.2, 0) is 0 Å². The Bertz CT molecular complexity index is 721. The molecule has 4 nitrogen and oxygen atoms in total. The zero-order valence-corrected chi connectivity index (χ0v) is 13.4. The molecule has 1 heterocycles. The molecule has 0 spiro atoms. The molecular formula is C16H14Cl2N2O2. The van der Waals surface area contributed by atoms with Crippen molar-refractivity contribution in [3.63, 3.8) is 0 Å². The Morgan fingerprint density at radius 2 is 2.05 bits per heavy atom. The SMILES string of the molecule is C[C@H]1CN(C(=O)Nc2ccccc2Cl)c2cc(Cl)ccc2O1. The maximum Gasteiger partial charge on any atom is 0.326 e. The number of anilines is 2. The van der Waals surface area contributed by atoms with Crippen molar-refractivity contribution in [3.05, 3.63) is 52.5 Å². The highest BCUT2D eigenvalue weighted by molar-refractivity contribution is 6.34. The van der Waals surface area contributed by atoms with Gasteiger partial charge in [0.2, 0.25) is 0 Å². The van der Waals surface area contributed by atoms with Crippen molar-refractivity contribution < 1.29 is 9.53 Å². The Morgan fingerprint density at radius 3 is 2.82 bits per heavy atom. The van der Waals surface area contributed by atoms with Crippen molar-refractivity contribution in [2.24, 2.45) is 0 Å². The third kappa shape index (κ3) is 2.98. The van der Waals surface area contributed by atoms with Gasteiger partial charge < -0.3 is 10.1 Å². The quantitative estimate of drug-likeness (QED) is 0.811. The summed E-state index contributed by atoms with van der Waals surface area (Å²) in [5.74, 6) is 0.637. The Morgan fingerprint density at radius 1 is 1.27 bits per heavy atom. The highest BCUT2D eigenvalue weighted by Gasteiger charge is 2.28. The number of benzene rings is 2. The largest absolute Gasteiger partial charge is 0.487 e. The second kappa shape index (κ2) is 6.07. The summed E-state index contributed by atoms with van der Waals surface area (Å²) in [6.07, 6.45) is -0.106. The standard InChI is InChI=1S/C16H14Cl2N2O2/c1-10-9-20(14-8-11(17)6-7-15(14)22-10)16(21)19-13-5-3-2-4-12(13)18/h2-8,10H,9H2,1H3,(H,19,21)/t10-/m0/s1. The molecule has 2 amide bonds. The molecule has 0 unspecified atom stereocenters. The van der Waals surface area contributed by atoms with Gasteiger partial charge in [-0.3, -0.25) is 4.90 Å². The van der Waals surface area contributed by atoms with Crippen LogP contribution in [0, 0.1) is 0 Å². The summed E-state index contributed by atoms with van der Waals surface area (Å²) in [4.78, 5) is 14.2. The number of amides is 2. The molecule has 0 radical (unpaired) electrons. The predicted molar refractivity (Wildman–Crippen MR) is 89.4 cm³/mol. The summed E-state index contributed by atoms with van der Waals surface area (Å²) < 4.78 is 5.73. The number of rotatable bonds is 1. The Balaban J connectivity index is 1.90. The lowest BCUT2D eigenvalue weighted by Gasteiger charge is -2.33. The van der Waals surface area contributed by atoms with Gasteiger partial charge in [-0.05, 0) is 37.3 Å². The highest BCUT2D eigenvalue weighted by atomic mass is 35.5. The molecule has 6 heteroatoms. The van der Waals surface area contributed by atoms with E-state index < -0.39 is 0 Å². The van der Waals surface area contributed by atoms with Gasteiger partial charge in [-0.25, -0.2) is 4.79 Å². The van der Waals surface area contributed by atoms with Crippen LogP contribution in [0.25, 0.3) is 0 Å². The maximum absolute atomic E-state index is 12.6. The number of para-hydroxylation sites is 1. The van der Waals surface area contributed by atoms with Crippen LogP contribution in [0.3, 0.4) is 0 Å². The van der Waals surface area contributed by atoms with Crippen molar-refractivity contribution in [2.45, 2.75) is 13.0 Å². The van der Waals surface area contributed by atoms with Crippen LogP contribution in [0.4, 0.5) is 16.2 Å². The summed E-state index contributed by atoms with van der Waals surface area (Å²) in [6.45, 7) is 2.34. The normalized spacial score (nSPS) is 16.7. The average molecular weight is 337 g/mol. The monoisotopic (exact) mass is 336 g/mol. The first-order valence-corrected chi connectivity index (χ1v) is 7.59. The number of halogens is 2. The molecule has 0 bridgehead atoms. The molecule has 0 aliphatic carbocycles. The van der Waals surface area contributed by atoms with E-state index in [1.807, 2.05) is 19.1 Å². The predicted octanol–water partition coefficient (Wildman–Crippen LogP) is 4.81. The topological polar surface area (TPSA) is 41.6 Å². The fourth-order valence-corrected chi connectivity index (χ4v) is 2.70. The number of hydrogen-bond donors (Lipinski definition) is 1. The van der Waals surface area contributed by atoms with Crippen LogP contribution in [0.2, 0.25) is 10.0 Å². The van der Waals surface area contributed by atoms with E-state index in [1.54, 1.807) is 35.2 Å². The fraction of sp³-hybridized carbons (Fsp3) is 0.188.